The molecule has 3 N–H and O–H groups in total. The van der Waals surface area contributed by atoms with E-state index in [9.17, 15) is 0 Å². The van der Waals surface area contributed by atoms with Crippen LogP contribution in [0.3, 0.4) is 0 Å². The molecule has 3 rings (SSSR count). The molecule has 0 unspecified atom stereocenters. The molecule has 118 valence electrons. The van der Waals surface area contributed by atoms with Gasteiger partial charge in [-0.1, -0.05) is 42.5 Å². The van der Waals surface area contributed by atoms with E-state index in [0.29, 0.717) is 5.69 Å². The second-order valence-electron chi connectivity index (χ2n) is 4.46. The standard InChI is InChI=1S/C12H10OS2.C6H7NO/c1-3-7-11(8-4-1)14-13-15-12-9-5-2-6-10-12;7-5-2-1-3-6(8)4-5/h1-10H;1-4,8H,7H2. The largest absolute Gasteiger partial charge is 0.508 e. The van der Waals surface area contributed by atoms with Crippen LogP contribution in [0, 0.1) is 0 Å². The normalized spacial score (nSPS) is 9.74. The maximum Gasteiger partial charge on any atom is 0.117 e. The van der Waals surface area contributed by atoms with Crippen LogP contribution in [0.4, 0.5) is 5.69 Å². The van der Waals surface area contributed by atoms with Crippen molar-refractivity contribution in [2.45, 2.75) is 9.79 Å². The van der Waals surface area contributed by atoms with Gasteiger partial charge in [0.25, 0.3) is 0 Å². The number of nitrogen functional groups attached to an aromatic ring is 1. The first-order valence-electron chi connectivity index (χ1n) is 6.90. The molecule has 0 aromatic heterocycles. The molecule has 0 atom stereocenters. The molecule has 0 aliphatic rings. The van der Waals surface area contributed by atoms with Crippen LogP contribution < -0.4 is 5.73 Å². The Morgan fingerprint density at radius 3 is 1.61 bits per heavy atom. The Hall–Kier alpha value is -2.08. The second-order valence-corrected chi connectivity index (χ2v) is 6.28. The number of benzene rings is 3. The predicted octanol–water partition coefficient (Wildman–Crippen LogP) is 5.39. The van der Waals surface area contributed by atoms with Crippen molar-refractivity contribution in [3.05, 3.63) is 84.9 Å². The van der Waals surface area contributed by atoms with Crippen molar-refractivity contribution in [3.8, 4) is 5.75 Å². The van der Waals surface area contributed by atoms with Gasteiger partial charge in [-0.3, -0.25) is 0 Å². The van der Waals surface area contributed by atoms with Crippen LogP contribution in [0.1, 0.15) is 0 Å². The zero-order valence-corrected chi connectivity index (χ0v) is 14.0. The van der Waals surface area contributed by atoms with Crippen LogP contribution in [0.2, 0.25) is 0 Å². The molecule has 0 saturated heterocycles. The lowest BCUT2D eigenvalue weighted by Crippen LogP contribution is -1.80. The minimum atomic E-state index is 0.213. The number of nitrogens with two attached hydrogens (primary N) is 1. The lowest BCUT2D eigenvalue weighted by atomic mass is 10.3. The number of aromatic hydroxyl groups is 1. The zero-order chi connectivity index (χ0) is 16.3. The molecule has 3 aromatic rings. The smallest absolute Gasteiger partial charge is 0.117 e. The van der Waals surface area contributed by atoms with Crippen LogP contribution in [0.15, 0.2) is 94.7 Å². The Bertz CT molecular complexity index is 637. The number of anilines is 1. The highest BCUT2D eigenvalue weighted by Crippen LogP contribution is 2.28. The Kier molecular flexibility index (Phi) is 7.39. The molecule has 0 amide bonds. The minimum absolute atomic E-state index is 0.213. The summed E-state index contributed by atoms with van der Waals surface area (Å²) >= 11 is 2.76. The van der Waals surface area contributed by atoms with Crippen LogP contribution in [0.25, 0.3) is 0 Å². The summed E-state index contributed by atoms with van der Waals surface area (Å²) in [6.07, 6.45) is 0. The van der Waals surface area contributed by atoms with Gasteiger partial charge in [-0.2, -0.15) is 0 Å². The highest BCUT2D eigenvalue weighted by molar-refractivity contribution is 8.07. The number of hydrogen-bond donors (Lipinski definition) is 2. The summed E-state index contributed by atoms with van der Waals surface area (Å²) in [5, 5.41) is 8.73. The van der Waals surface area contributed by atoms with Crippen LogP contribution in [-0.2, 0) is 3.63 Å². The maximum atomic E-state index is 8.73. The van der Waals surface area contributed by atoms with Gasteiger partial charge in [0.2, 0.25) is 0 Å². The number of phenolic OH excluding ortho intramolecular Hbond substituents is 1. The number of phenols is 1. The van der Waals surface area contributed by atoms with Gasteiger partial charge in [-0.05, 0) is 36.4 Å². The lowest BCUT2D eigenvalue weighted by Gasteiger charge is -2.00. The molecule has 0 aliphatic heterocycles. The third-order valence-electron chi connectivity index (χ3n) is 2.62. The first kappa shape index (κ1) is 17.3. The molecule has 0 radical (unpaired) electrons. The van der Waals surface area contributed by atoms with Crippen LogP contribution in [0.5, 0.6) is 5.75 Å². The van der Waals surface area contributed by atoms with E-state index in [4.69, 9.17) is 14.5 Å². The van der Waals surface area contributed by atoms with Crippen molar-refractivity contribution >= 4 is 29.8 Å². The molecule has 0 bridgehead atoms. The molecule has 3 nitrogen and oxygen atoms in total. The van der Waals surface area contributed by atoms with Crippen molar-refractivity contribution in [2.75, 3.05) is 5.73 Å². The minimum Gasteiger partial charge on any atom is -0.508 e. The van der Waals surface area contributed by atoms with Crippen molar-refractivity contribution in [3.63, 3.8) is 0 Å². The average molecular weight is 343 g/mol. The van der Waals surface area contributed by atoms with E-state index >= 15 is 0 Å². The Labute approximate surface area is 144 Å². The predicted molar refractivity (Wildman–Crippen MR) is 98.2 cm³/mol. The molecule has 0 saturated carbocycles. The molecule has 23 heavy (non-hydrogen) atoms. The van der Waals surface area contributed by atoms with Gasteiger partial charge in [0.05, 0.1) is 0 Å². The van der Waals surface area contributed by atoms with E-state index in [-0.39, 0.29) is 5.75 Å². The van der Waals surface area contributed by atoms with Gasteiger partial charge in [-0.25, -0.2) is 3.63 Å². The topological polar surface area (TPSA) is 55.5 Å². The molecule has 0 fully saturated rings. The van der Waals surface area contributed by atoms with Gasteiger partial charge in [0, 0.05) is 45.6 Å². The van der Waals surface area contributed by atoms with E-state index < -0.39 is 0 Å². The molecule has 3 aromatic carbocycles. The summed E-state index contributed by atoms with van der Waals surface area (Å²) in [5.41, 5.74) is 5.89. The summed E-state index contributed by atoms with van der Waals surface area (Å²) in [6, 6.07) is 26.6. The monoisotopic (exact) mass is 343 g/mol. The SMILES string of the molecule is Nc1cccc(O)c1.c1ccc(SOSc2ccccc2)cc1. The molecule has 5 heteroatoms. The van der Waals surface area contributed by atoms with Crippen LogP contribution >= 0.6 is 24.1 Å². The molecule has 0 spiro atoms. The summed E-state index contributed by atoms with van der Waals surface area (Å²) < 4.78 is 5.44. The fourth-order valence-electron chi connectivity index (χ4n) is 1.57. The Morgan fingerprint density at radius 2 is 1.22 bits per heavy atom. The second kappa shape index (κ2) is 9.84. The average Bonchev–Trinajstić information content (AvgIpc) is 2.57. The zero-order valence-electron chi connectivity index (χ0n) is 12.3. The van der Waals surface area contributed by atoms with Gasteiger partial charge >= 0.3 is 0 Å². The number of rotatable bonds is 4. The Morgan fingerprint density at radius 1 is 0.696 bits per heavy atom. The van der Waals surface area contributed by atoms with E-state index in [0.717, 1.165) is 9.79 Å². The molecule has 0 heterocycles. The van der Waals surface area contributed by atoms with Crippen molar-refractivity contribution in [2.24, 2.45) is 0 Å². The molecular weight excluding hydrogens is 326 g/mol. The van der Waals surface area contributed by atoms with Gasteiger partial charge < -0.3 is 10.8 Å². The van der Waals surface area contributed by atoms with E-state index in [1.807, 2.05) is 60.7 Å². The third kappa shape index (κ3) is 7.15. The van der Waals surface area contributed by atoms with E-state index in [1.54, 1.807) is 18.2 Å². The maximum absolute atomic E-state index is 8.73. The summed E-state index contributed by atoms with van der Waals surface area (Å²) in [5.74, 6) is 0.213. The quantitative estimate of drug-likeness (QED) is 0.491. The van der Waals surface area contributed by atoms with Crippen molar-refractivity contribution < 1.29 is 8.74 Å². The summed E-state index contributed by atoms with van der Waals surface area (Å²) in [4.78, 5) is 2.22. The fraction of sp³-hybridized carbons (Fsp3) is 0. The lowest BCUT2D eigenvalue weighted by molar-refractivity contribution is 0.475. The molecular formula is C18H17NO2S2. The first-order chi connectivity index (χ1) is 11.2. The van der Waals surface area contributed by atoms with Crippen molar-refractivity contribution in [1.29, 1.82) is 0 Å². The van der Waals surface area contributed by atoms with Crippen LogP contribution in [-0.4, -0.2) is 5.11 Å². The highest BCUT2D eigenvalue weighted by atomic mass is 32.2. The fourth-order valence-corrected chi connectivity index (χ4v) is 2.87. The molecule has 0 aliphatic carbocycles. The highest BCUT2D eigenvalue weighted by Gasteiger charge is 1.95. The Balaban J connectivity index is 0.000000203. The van der Waals surface area contributed by atoms with Gasteiger partial charge in [0.1, 0.15) is 5.75 Å². The summed E-state index contributed by atoms with van der Waals surface area (Å²) in [6.45, 7) is 0. The van der Waals surface area contributed by atoms with E-state index in [2.05, 4.69) is 0 Å². The number of hydrogen-bond acceptors (Lipinski definition) is 5. The van der Waals surface area contributed by atoms with Gasteiger partial charge in [-0.15, -0.1) is 0 Å². The summed E-state index contributed by atoms with van der Waals surface area (Å²) in [7, 11) is 0. The van der Waals surface area contributed by atoms with Gasteiger partial charge in [0.15, 0.2) is 0 Å². The third-order valence-corrected chi connectivity index (χ3v) is 4.09. The first-order valence-corrected chi connectivity index (χ1v) is 8.38. The van der Waals surface area contributed by atoms with Crippen molar-refractivity contribution in [1.82, 2.24) is 0 Å². The van der Waals surface area contributed by atoms with E-state index in [1.165, 1.54) is 30.2 Å².